The number of hydrogen-bond donors (Lipinski definition) is 0. The molecule has 4 heteroatoms. The van der Waals surface area contributed by atoms with Crippen molar-refractivity contribution in [2.75, 3.05) is 0 Å². The van der Waals surface area contributed by atoms with Gasteiger partial charge in [-0.05, 0) is 42.5 Å². The molecule has 0 unspecified atom stereocenters. The number of halogens is 3. The number of hydrogen-bond acceptors (Lipinski definition) is 1. The Hall–Kier alpha value is -0.500. The lowest BCUT2D eigenvalue weighted by Crippen LogP contribution is -1.97. The van der Waals surface area contributed by atoms with Crippen molar-refractivity contribution in [3.63, 3.8) is 0 Å². The van der Waals surface area contributed by atoms with E-state index in [4.69, 9.17) is 34.8 Å². The van der Waals surface area contributed by atoms with Crippen molar-refractivity contribution in [2.24, 2.45) is 0 Å². The van der Waals surface area contributed by atoms with E-state index in [1.165, 1.54) is 5.56 Å². The fourth-order valence-electron chi connectivity index (χ4n) is 2.57. The smallest absolute Gasteiger partial charge is 0.0738 e. The van der Waals surface area contributed by atoms with E-state index < -0.39 is 0 Å². The molecule has 0 N–H and O–H groups in total. The second kappa shape index (κ2) is 4.31. The molecule has 0 saturated heterocycles. The van der Waals surface area contributed by atoms with Crippen LogP contribution >= 0.6 is 34.8 Å². The van der Waals surface area contributed by atoms with Crippen LogP contribution in [0, 0.1) is 0 Å². The van der Waals surface area contributed by atoms with Gasteiger partial charge in [0.25, 0.3) is 0 Å². The summed E-state index contributed by atoms with van der Waals surface area (Å²) >= 11 is 18.4. The summed E-state index contributed by atoms with van der Waals surface area (Å²) in [4.78, 5) is 4.66. The van der Waals surface area contributed by atoms with Crippen LogP contribution in [0.1, 0.15) is 23.2 Å². The van der Waals surface area contributed by atoms with Crippen molar-refractivity contribution in [2.45, 2.75) is 25.1 Å². The lowest BCUT2D eigenvalue weighted by atomic mass is 10.0. The Kier molecular flexibility index (Phi) is 2.94. The fraction of sp³-hybridized carbons (Fsp3) is 0.308. The van der Waals surface area contributed by atoms with Gasteiger partial charge >= 0.3 is 0 Å². The maximum Gasteiger partial charge on any atom is 0.0738 e. The monoisotopic (exact) mass is 285 g/mol. The topological polar surface area (TPSA) is 12.9 Å². The summed E-state index contributed by atoms with van der Waals surface area (Å²) in [6, 6.07) is 3.61. The zero-order valence-corrected chi connectivity index (χ0v) is 11.3. The number of aryl methyl sites for hydroxylation is 1. The fourth-order valence-corrected chi connectivity index (χ4v) is 3.46. The number of aromatic nitrogens is 1. The van der Waals surface area contributed by atoms with E-state index in [1.807, 2.05) is 6.07 Å². The molecule has 0 amide bonds. The summed E-state index contributed by atoms with van der Waals surface area (Å²) in [7, 11) is 0. The molecule has 88 valence electrons. The molecular weight excluding hydrogens is 277 g/mol. The highest BCUT2D eigenvalue weighted by Crippen LogP contribution is 2.36. The van der Waals surface area contributed by atoms with Gasteiger partial charge < -0.3 is 0 Å². The van der Waals surface area contributed by atoms with Gasteiger partial charge in [-0.3, -0.25) is 4.98 Å². The average molecular weight is 287 g/mol. The van der Waals surface area contributed by atoms with Crippen molar-refractivity contribution in [1.82, 2.24) is 4.98 Å². The molecule has 1 aromatic heterocycles. The Morgan fingerprint density at radius 1 is 1.18 bits per heavy atom. The number of nitrogens with zero attached hydrogens (tertiary/aromatic N) is 1. The molecule has 0 radical (unpaired) electrons. The summed E-state index contributed by atoms with van der Waals surface area (Å²) in [5, 5.41) is 2.23. The third kappa shape index (κ3) is 1.81. The predicted octanol–water partition coefficient (Wildman–Crippen LogP) is 4.77. The maximum absolute atomic E-state index is 6.26. The molecule has 0 spiro atoms. The molecule has 0 aliphatic heterocycles. The molecule has 17 heavy (non-hydrogen) atoms. The lowest BCUT2D eigenvalue weighted by molar-refractivity contribution is 0.899. The average Bonchev–Trinajstić information content (AvgIpc) is 2.73. The maximum atomic E-state index is 6.26. The van der Waals surface area contributed by atoms with Crippen molar-refractivity contribution >= 4 is 45.7 Å². The summed E-state index contributed by atoms with van der Waals surface area (Å²) in [5.74, 6) is 0.475. The van der Waals surface area contributed by atoms with Crippen LogP contribution in [-0.4, -0.2) is 4.98 Å². The first kappa shape index (κ1) is 11.6. The lowest BCUT2D eigenvalue weighted by Gasteiger charge is -2.11. The number of alkyl halides is 1. The minimum Gasteiger partial charge on any atom is -0.252 e. The number of pyridine rings is 1. The molecule has 1 aliphatic rings. The van der Waals surface area contributed by atoms with Crippen LogP contribution in [0.15, 0.2) is 12.1 Å². The molecule has 1 nitrogen and oxygen atoms in total. The molecular formula is C13H10Cl3N. The summed E-state index contributed by atoms with van der Waals surface area (Å²) in [5.41, 5.74) is 4.44. The van der Waals surface area contributed by atoms with E-state index in [2.05, 4.69) is 4.98 Å². The van der Waals surface area contributed by atoms with Crippen LogP contribution in [0.4, 0.5) is 0 Å². The Bertz CT molecular complexity index is 607. The van der Waals surface area contributed by atoms with E-state index in [-0.39, 0.29) is 0 Å². The second-order valence-corrected chi connectivity index (χ2v) is 5.40. The number of fused-ring (bicyclic) bond motifs is 2. The highest BCUT2D eigenvalue weighted by atomic mass is 35.5. The van der Waals surface area contributed by atoms with Gasteiger partial charge in [-0.2, -0.15) is 0 Å². The van der Waals surface area contributed by atoms with Gasteiger partial charge in [0.1, 0.15) is 0 Å². The van der Waals surface area contributed by atoms with Crippen LogP contribution < -0.4 is 0 Å². The quantitative estimate of drug-likeness (QED) is 0.688. The minimum absolute atomic E-state index is 0.475. The SMILES string of the molecule is ClCc1c2c(nc3cc(Cl)cc(Cl)c13)CCC2. The molecule has 1 aromatic carbocycles. The summed E-state index contributed by atoms with van der Waals surface area (Å²) in [6.45, 7) is 0. The van der Waals surface area contributed by atoms with Crippen LogP contribution in [0.2, 0.25) is 10.0 Å². The Morgan fingerprint density at radius 2 is 2.00 bits per heavy atom. The van der Waals surface area contributed by atoms with Gasteiger partial charge in [-0.1, -0.05) is 23.2 Å². The molecule has 0 saturated carbocycles. The first-order valence-electron chi connectivity index (χ1n) is 5.56. The molecule has 0 bridgehead atoms. The van der Waals surface area contributed by atoms with Gasteiger partial charge in [-0.15, -0.1) is 11.6 Å². The van der Waals surface area contributed by atoms with E-state index >= 15 is 0 Å². The molecule has 2 aromatic rings. The zero-order valence-electron chi connectivity index (χ0n) is 9.06. The Morgan fingerprint density at radius 3 is 2.76 bits per heavy atom. The number of benzene rings is 1. The van der Waals surface area contributed by atoms with Gasteiger partial charge in [0, 0.05) is 22.0 Å². The van der Waals surface area contributed by atoms with E-state index in [0.717, 1.165) is 41.4 Å². The van der Waals surface area contributed by atoms with Crippen molar-refractivity contribution in [3.8, 4) is 0 Å². The van der Waals surface area contributed by atoms with Crippen LogP contribution in [0.3, 0.4) is 0 Å². The summed E-state index contributed by atoms with van der Waals surface area (Å²) < 4.78 is 0. The third-order valence-corrected chi connectivity index (χ3v) is 4.06. The summed E-state index contributed by atoms with van der Waals surface area (Å²) in [6.07, 6.45) is 3.23. The van der Waals surface area contributed by atoms with Gasteiger partial charge in [0.2, 0.25) is 0 Å². The standard InChI is InChI=1S/C13H10Cl3N/c14-6-9-8-2-1-3-11(8)17-12-5-7(15)4-10(16)13(9)12/h4-5H,1-3,6H2. The Balaban J connectivity index is 2.45. The van der Waals surface area contributed by atoms with Crippen molar-refractivity contribution < 1.29 is 0 Å². The van der Waals surface area contributed by atoms with Crippen molar-refractivity contribution in [3.05, 3.63) is 39.0 Å². The molecule has 0 atom stereocenters. The van der Waals surface area contributed by atoms with E-state index in [1.54, 1.807) is 6.07 Å². The van der Waals surface area contributed by atoms with Crippen LogP contribution in [0.5, 0.6) is 0 Å². The largest absolute Gasteiger partial charge is 0.252 e. The van der Waals surface area contributed by atoms with E-state index in [9.17, 15) is 0 Å². The van der Waals surface area contributed by atoms with Crippen LogP contribution in [-0.2, 0) is 18.7 Å². The minimum atomic E-state index is 0.475. The zero-order chi connectivity index (χ0) is 12.0. The first-order valence-corrected chi connectivity index (χ1v) is 6.85. The molecule has 3 rings (SSSR count). The van der Waals surface area contributed by atoms with Crippen LogP contribution in [0.25, 0.3) is 10.9 Å². The van der Waals surface area contributed by atoms with Gasteiger partial charge in [0.05, 0.1) is 10.5 Å². The molecule has 1 heterocycles. The van der Waals surface area contributed by atoms with Gasteiger partial charge in [0.15, 0.2) is 0 Å². The van der Waals surface area contributed by atoms with Gasteiger partial charge in [-0.25, -0.2) is 0 Å². The highest BCUT2D eigenvalue weighted by molar-refractivity contribution is 6.39. The molecule has 0 fully saturated rings. The third-order valence-electron chi connectivity index (χ3n) is 3.28. The number of rotatable bonds is 1. The van der Waals surface area contributed by atoms with Crippen molar-refractivity contribution in [1.29, 1.82) is 0 Å². The predicted molar refractivity (Wildman–Crippen MR) is 73.3 cm³/mol. The first-order chi connectivity index (χ1) is 8.20. The Labute approximate surface area is 115 Å². The second-order valence-electron chi connectivity index (χ2n) is 4.28. The molecule has 1 aliphatic carbocycles. The highest BCUT2D eigenvalue weighted by Gasteiger charge is 2.20. The van der Waals surface area contributed by atoms with E-state index in [0.29, 0.717) is 15.9 Å². The normalized spacial score (nSPS) is 14.3.